The van der Waals surface area contributed by atoms with E-state index in [-0.39, 0.29) is 46.8 Å². The monoisotopic (exact) mass is 522 g/mol. The number of hydrogen-bond acceptors (Lipinski definition) is 13. The second-order valence-electron chi connectivity index (χ2n) is 8.63. The lowest BCUT2D eigenvalue weighted by Gasteiger charge is -2.40. The van der Waals surface area contributed by atoms with Crippen molar-refractivity contribution in [2.45, 2.75) is 49.7 Å². The van der Waals surface area contributed by atoms with Crippen LogP contribution in [-0.2, 0) is 9.47 Å². The number of phenolic OH excluding ortho intramolecular Hbond substituents is 3. The number of phenols is 3. The van der Waals surface area contributed by atoms with Crippen LogP contribution in [0.2, 0.25) is 0 Å². The predicted molar refractivity (Wildman–Crippen MR) is 121 cm³/mol. The number of ketones is 1. The maximum Gasteiger partial charge on any atom is 0.338 e. The Hall–Kier alpha value is -3.62. The Bertz CT molecular complexity index is 1170. The summed E-state index contributed by atoms with van der Waals surface area (Å²) in [5, 5.41) is 71.3. The Labute approximate surface area is 209 Å². The van der Waals surface area contributed by atoms with Crippen LogP contribution in [0.15, 0.2) is 24.3 Å². The van der Waals surface area contributed by atoms with Crippen LogP contribution in [0.4, 0.5) is 0 Å². The van der Waals surface area contributed by atoms with Crippen molar-refractivity contribution in [3.8, 4) is 28.7 Å². The molecule has 1 saturated heterocycles. The molecule has 2 aromatic carbocycles. The molecule has 0 saturated carbocycles. The molecule has 200 valence electrons. The van der Waals surface area contributed by atoms with Crippen LogP contribution in [0, 0.1) is 0 Å². The van der Waals surface area contributed by atoms with Gasteiger partial charge in [0.1, 0.15) is 42.5 Å². The standard InChI is InChI=1S/C24H26O13/c1-34-22-13(28)6-9(7-14(22)29)23(33)35-8-16-19(30)20(31)21(32)24(37-16)36-15-5-4-11(26)17-10(25)2-3-12(27)18(15)17/h4-7,12,16,19-21,24,26-32H,2-3,8H2,1H3. The zero-order valence-electron chi connectivity index (χ0n) is 19.5. The molecule has 2 aromatic rings. The summed E-state index contributed by atoms with van der Waals surface area (Å²) >= 11 is 0. The summed E-state index contributed by atoms with van der Waals surface area (Å²) in [6.45, 7) is -0.633. The average molecular weight is 522 g/mol. The Kier molecular flexibility index (Phi) is 7.43. The summed E-state index contributed by atoms with van der Waals surface area (Å²) in [5.74, 6) is -3.17. The number of aliphatic hydroxyl groups excluding tert-OH is 4. The van der Waals surface area contributed by atoms with Gasteiger partial charge in [0.2, 0.25) is 12.0 Å². The molecule has 6 unspecified atom stereocenters. The number of fused-ring (bicyclic) bond motifs is 1. The predicted octanol–water partition coefficient (Wildman–Crippen LogP) is -0.135. The van der Waals surface area contributed by atoms with Crippen molar-refractivity contribution in [1.29, 1.82) is 0 Å². The lowest BCUT2D eigenvalue weighted by atomic mass is 9.87. The SMILES string of the molecule is COc1c(O)cc(C(=O)OCC2OC(Oc3ccc(O)c4c3C(O)CCC4=O)C(O)C(O)C2O)cc1O. The minimum Gasteiger partial charge on any atom is -0.507 e. The average Bonchev–Trinajstić information content (AvgIpc) is 2.86. The fraction of sp³-hybridized carbons (Fsp3) is 0.417. The van der Waals surface area contributed by atoms with Crippen LogP contribution in [0.25, 0.3) is 0 Å². The highest BCUT2D eigenvalue weighted by Gasteiger charge is 2.46. The lowest BCUT2D eigenvalue weighted by Crippen LogP contribution is -2.60. The van der Waals surface area contributed by atoms with Gasteiger partial charge >= 0.3 is 5.97 Å². The first-order valence-corrected chi connectivity index (χ1v) is 11.2. The third-order valence-corrected chi connectivity index (χ3v) is 6.22. The smallest absolute Gasteiger partial charge is 0.338 e. The van der Waals surface area contributed by atoms with Gasteiger partial charge in [-0.2, -0.15) is 0 Å². The fourth-order valence-corrected chi connectivity index (χ4v) is 4.30. The highest BCUT2D eigenvalue weighted by Crippen LogP contribution is 2.42. The van der Waals surface area contributed by atoms with Crippen molar-refractivity contribution >= 4 is 11.8 Å². The van der Waals surface area contributed by atoms with Crippen molar-refractivity contribution in [3.63, 3.8) is 0 Å². The van der Waals surface area contributed by atoms with E-state index < -0.39 is 66.7 Å². The molecule has 1 fully saturated rings. The van der Waals surface area contributed by atoms with Gasteiger partial charge in [0.15, 0.2) is 17.3 Å². The Morgan fingerprint density at radius 1 is 1.00 bits per heavy atom. The number of carbonyl (C=O) groups excluding carboxylic acids is 2. The molecule has 0 spiro atoms. The summed E-state index contributed by atoms with van der Waals surface area (Å²) in [6, 6.07) is 4.40. The number of methoxy groups -OCH3 is 1. The van der Waals surface area contributed by atoms with Crippen LogP contribution in [0.3, 0.4) is 0 Å². The van der Waals surface area contributed by atoms with Gasteiger partial charge in [-0.25, -0.2) is 4.79 Å². The minimum atomic E-state index is -1.80. The largest absolute Gasteiger partial charge is 0.507 e. The number of esters is 1. The molecule has 0 radical (unpaired) electrons. The van der Waals surface area contributed by atoms with Crippen LogP contribution < -0.4 is 9.47 Å². The summed E-state index contributed by atoms with van der Waals surface area (Å²) in [6.07, 6.45) is -9.37. The first-order chi connectivity index (χ1) is 17.5. The van der Waals surface area contributed by atoms with Gasteiger partial charge in [-0.1, -0.05) is 0 Å². The molecule has 1 aliphatic heterocycles. The van der Waals surface area contributed by atoms with Gasteiger partial charge in [0, 0.05) is 12.0 Å². The second-order valence-corrected chi connectivity index (χ2v) is 8.63. The molecule has 4 rings (SSSR count). The quantitative estimate of drug-likeness (QED) is 0.247. The molecule has 2 aliphatic rings. The highest BCUT2D eigenvalue weighted by molar-refractivity contribution is 6.01. The number of ether oxygens (including phenoxy) is 4. The zero-order valence-corrected chi connectivity index (χ0v) is 19.5. The van der Waals surface area contributed by atoms with Gasteiger partial charge in [-0.15, -0.1) is 0 Å². The van der Waals surface area contributed by atoms with Crippen LogP contribution in [0.1, 0.15) is 45.2 Å². The maximum atomic E-state index is 12.4. The summed E-state index contributed by atoms with van der Waals surface area (Å²) < 4.78 is 21.1. The molecular weight excluding hydrogens is 496 g/mol. The first-order valence-electron chi connectivity index (χ1n) is 11.2. The van der Waals surface area contributed by atoms with E-state index in [9.17, 15) is 45.3 Å². The van der Waals surface area contributed by atoms with Crippen LogP contribution in [-0.4, -0.2) is 91.9 Å². The van der Waals surface area contributed by atoms with E-state index in [0.29, 0.717) is 0 Å². The lowest BCUT2D eigenvalue weighted by molar-refractivity contribution is -0.277. The summed E-state index contributed by atoms with van der Waals surface area (Å²) in [7, 11) is 1.21. The third-order valence-electron chi connectivity index (χ3n) is 6.22. The topological polar surface area (TPSA) is 213 Å². The molecule has 0 bridgehead atoms. The number of aliphatic hydroxyl groups is 4. The molecule has 13 heteroatoms. The molecule has 1 heterocycles. The fourth-order valence-electron chi connectivity index (χ4n) is 4.30. The van der Waals surface area contributed by atoms with Gasteiger partial charge in [0.25, 0.3) is 0 Å². The zero-order chi connectivity index (χ0) is 27.0. The summed E-state index contributed by atoms with van der Waals surface area (Å²) in [5.41, 5.74) is -0.378. The van der Waals surface area contributed by atoms with Crippen molar-refractivity contribution in [1.82, 2.24) is 0 Å². The first kappa shape index (κ1) is 26.4. The Balaban J connectivity index is 1.51. The third kappa shape index (κ3) is 4.99. The minimum absolute atomic E-state index is 0.00485. The van der Waals surface area contributed by atoms with Crippen molar-refractivity contribution in [2.24, 2.45) is 0 Å². The van der Waals surface area contributed by atoms with Crippen molar-refractivity contribution in [3.05, 3.63) is 41.0 Å². The number of carbonyl (C=O) groups is 2. The van der Waals surface area contributed by atoms with E-state index >= 15 is 0 Å². The number of rotatable bonds is 6. The molecule has 0 aromatic heterocycles. The van der Waals surface area contributed by atoms with E-state index in [0.717, 1.165) is 12.1 Å². The molecule has 1 aliphatic carbocycles. The Morgan fingerprint density at radius 2 is 1.68 bits per heavy atom. The van der Waals surface area contributed by atoms with Gasteiger partial charge in [0.05, 0.1) is 24.3 Å². The number of Topliss-reactive ketones (excluding diaryl/α,β-unsaturated/α-hetero) is 1. The number of aromatic hydroxyl groups is 3. The number of hydrogen-bond donors (Lipinski definition) is 7. The van der Waals surface area contributed by atoms with Gasteiger partial charge in [-0.05, 0) is 30.7 Å². The maximum absolute atomic E-state index is 12.4. The summed E-state index contributed by atoms with van der Waals surface area (Å²) in [4.78, 5) is 24.7. The van der Waals surface area contributed by atoms with E-state index in [1.165, 1.54) is 19.2 Å². The van der Waals surface area contributed by atoms with E-state index in [1.807, 2.05) is 0 Å². The second kappa shape index (κ2) is 10.4. The van der Waals surface area contributed by atoms with Crippen LogP contribution in [0.5, 0.6) is 28.7 Å². The molecule has 13 nitrogen and oxygen atoms in total. The van der Waals surface area contributed by atoms with E-state index in [2.05, 4.69) is 0 Å². The Morgan fingerprint density at radius 3 is 2.32 bits per heavy atom. The molecule has 6 atom stereocenters. The molecule has 0 amide bonds. The van der Waals surface area contributed by atoms with Crippen molar-refractivity contribution in [2.75, 3.05) is 13.7 Å². The molecular formula is C24H26O13. The van der Waals surface area contributed by atoms with Crippen LogP contribution >= 0.6 is 0 Å². The van der Waals surface area contributed by atoms with E-state index in [1.54, 1.807) is 0 Å². The number of benzene rings is 2. The van der Waals surface area contributed by atoms with Gasteiger partial charge < -0.3 is 54.7 Å². The van der Waals surface area contributed by atoms with Crippen molar-refractivity contribution < 1.29 is 64.3 Å². The van der Waals surface area contributed by atoms with E-state index in [4.69, 9.17) is 18.9 Å². The van der Waals surface area contributed by atoms with Gasteiger partial charge in [-0.3, -0.25) is 4.79 Å². The molecule has 37 heavy (non-hydrogen) atoms. The highest BCUT2D eigenvalue weighted by atomic mass is 16.7. The molecule has 7 N–H and O–H groups in total. The normalized spacial score (nSPS) is 27.3.